The molecule has 0 aromatic carbocycles. The van der Waals surface area contributed by atoms with Gasteiger partial charge in [0.05, 0.1) is 6.61 Å². The lowest BCUT2D eigenvalue weighted by atomic mass is 10.1. The summed E-state index contributed by atoms with van der Waals surface area (Å²) in [5, 5.41) is 13.4. The summed E-state index contributed by atoms with van der Waals surface area (Å²) in [6.45, 7) is 1.93. The molecule has 60 valence electrons. The molecule has 6 N–H and O–H groups in total. The molecule has 5 heteroatoms. The number of piperazine rings is 1. The van der Waals surface area contributed by atoms with Crippen molar-refractivity contribution in [1.29, 1.82) is 0 Å². The van der Waals surface area contributed by atoms with Crippen LogP contribution in [0.1, 0.15) is 0 Å². The molecule has 5 nitrogen and oxygen atoms in total. The predicted molar refractivity (Wildman–Crippen MR) is 37.8 cm³/mol. The van der Waals surface area contributed by atoms with Crippen molar-refractivity contribution in [2.45, 2.75) is 5.66 Å². The number of hydrogen-bond acceptors (Lipinski definition) is 5. The van der Waals surface area contributed by atoms with E-state index in [0.29, 0.717) is 13.1 Å². The molecular weight excluding hydrogens is 132 g/mol. The summed E-state index contributed by atoms with van der Waals surface area (Å²) in [6.07, 6.45) is 0. The van der Waals surface area contributed by atoms with Crippen molar-refractivity contribution >= 4 is 0 Å². The maximum Gasteiger partial charge on any atom is 0.118 e. The Morgan fingerprint density at radius 2 is 2.40 bits per heavy atom. The first-order chi connectivity index (χ1) is 4.69. The molecular formula is C5H14N4O. The van der Waals surface area contributed by atoms with Crippen LogP contribution in [0.2, 0.25) is 0 Å². The number of nitrogens with zero attached hydrogens (tertiary/aromatic N) is 1. The summed E-state index contributed by atoms with van der Waals surface area (Å²) >= 11 is 0. The first-order valence-corrected chi connectivity index (χ1v) is 3.32. The maximum atomic E-state index is 8.83. The third kappa shape index (κ3) is 1.28. The third-order valence-corrected chi connectivity index (χ3v) is 1.81. The van der Waals surface area contributed by atoms with Crippen LogP contribution in [0.5, 0.6) is 0 Å². The lowest BCUT2D eigenvalue weighted by molar-refractivity contribution is 0.0140. The van der Waals surface area contributed by atoms with Crippen LogP contribution >= 0.6 is 0 Å². The molecule has 1 fully saturated rings. The average Bonchev–Trinajstić information content (AvgIpc) is 1.96. The van der Waals surface area contributed by atoms with E-state index in [0.717, 1.165) is 6.54 Å². The second-order valence-electron chi connectivity index (χ2n) is 2.63. The van der Waals surface area contributed by atoms with Crippen LogP contribution < -0.4 is 16.9 Å². The molecule has 0 saturated carbocycles. The highest BCUT2D eigenvalue weighted by atomic mass is 16.3. The molecule has 0 aromatic rings. The first kappa shape index (κ1) is 7.90. The lowest BCUT2D eigenvalue weighted by Crippen LogP contribution is -2.70. The smallest absolute Gasteiger partial charge is 0.118 e. The van der Waals surface area contributed by atoms with Gasteiger partial charge in [0.2, 0.25) is 0 Å². The first-order valence-electron chi connectivity index (χ1n) is 3.32. The Morgan fingerprint density at radius 1 is 1.70 bits per heavy atom. The number of hydrogen-bond donors (Lipinski definition) is 4. The highest BCUT2D eigenvalue weighted by Crippen LogP contribution is 2.04. The zero-order valence-corrected chi connectivity index (χ0v) is 5.88. The second-order valence-corrected chi connectivity index (χ2v) is 2.63. The average molecular weight is 146 g/mol. The van der Waals surface area contributed by atoms with Crippen LogP contribution in [0.3, 0.4) is 0 Å². The van der Waals surface area contributed by atoms with Crippen molar-refractivity contribution in [1.82, 2.24) is 10.3 Å². The molecule has 1 unspecified atom stereocenters. The number of rotatable bonds is 1. The van der Waals surface area contributed by atoms with Crippen LogP contribution in [-0.2, 0) is 0 Å². The molecule has 0 spiro atoms. The summed E-state index contributed by atoms with van der Waals surface area (Å²) in [5.74, 6) is 5.53. The SMILES string of the molecule is NN1CCNCC1(N)CO. The van der Waals surface area contributed by atoms with Gasteiger partial charge in [-0.25, -0.2) is 5.01 Å². The standard InChI is InChI=1S/C5H14N4O/c6-5(4-10)3-8-1-2-9(5)7/h8,10H,1-4,6-7H2. The zero-order chi connectivity index (χ0) is 7.61. The van der Waals surface area contributed by atoms with Gasteiger partial charge in [-0.05, 0) is 0 Å². The number of nitrogens with two attached hydrogens (primary N) is 2. The van der Waals surface area contributed by atoms with Crippen molar-refractivity contribution in [3.8, 4) is 0 Å². The monoisotopic (exact) mass is 146 g/mol. The molecule has 0 radical (unpaired) electrons. The van der Waals surface area contributed by atoms with Gasteiger partial charge in [0.15, 0.2) is 0 Å². The summed E-state index contributed by atoms with van der Waals surface area (Å²) in [7, 11) is 0. The number of nitrogens with one attached hydrogen (secondary N) is 1. The summed E-state index contributed by atoms with van der Waals surface area (Å²) in [5.41, 5.74) is 4.92. The van der Waals surface area contributed by atoms with Crippen molar-refractivity contribution < 1.29 is 5.11 Å². The summed E-state index contributed by atoms with van der Waals surface area (Å²) in [4.78, 5) is 0. The van der Waals surface area contributed by atoms with Gasteiger partial charge in [-0.2, -0.15) is 0 Å². The van der Waals surface area contributed by atoms with Gasteiger partial charge in [-0.3, -0.25) is 5.84 Å². The highest BCUT2D eigenvalue weighted by Gasteiger charge is 2.32. The number of aliphatic hydroxyl groups is 1. The molecule has 0 aromatic heterocycles. The zero-order valence-electron chi connectivity index (χ0n) is 5.88. The third-order valence-electron chi connectivity index (χ3n) is 1.81. The van der Waals surface area contributed by atoms with E-state index >= 15 is 0 Å². The molecule has 1 saturated heterocycles. The second kappa shape index (κ2) is 2.81. The number of aliphatic hydroxyl groups excluding tert-OH is 1. The van der Waals surface area contributed by atoms with E-state index in [1.807, 2.05) is 0 Å². The Bertz CT molecular complexity index is 120. The van der Waals surface area contributed by atoms with Crippen LogP contribution in [0, 0.1) is 0 Å². The van der Waals surface area contributed by atoms with Gasteiger partial charge >= 0.3 is 0 Å². The molecule has 1 aliphatic heterocycles. The fourth-order valence-corrected chi connectivity index (χ4v) is 0.975. The quantitative estimate of drug-likeness (QED) is 0.305. The van der Waals surface area contributed by atoms with E-state index in [2.05, 4.69) is 5.32 Å². The number of hydrazine groups is 1. The summed E-state index contributed by atoms with van der Waals surface area (Å²) < 4.78 is 0. The van der Waals surface area contributed by atoms with E-state index in [1.54, 1.807) is 0 Å². The Labute approximate surface area is 59.9 Å². The Kier molecular flexibility index (Phi) is 2.22. The largest absolute Gasteiger partial charge is 0.393 e. The van der Waals surface area contributed by atoms with Crippen molar-refractivity contribution in [3.05, 3.63) is 0 Å². The van der Waals surface area contributed by atoms with Gasteiger partial charge in [-0.1, -0.05) is 0 Å². The topological polar surface area (TPSA) is 87.5 Å². The van der Waals surface area contributed by atoms with E-state index in [9.17, 15) is 0 Å². The van der Waals surface area contributed by atoms with Gasteiger partial charge in [0.25, 0.3) is 0 Å². The van der Waals surface area contributed by atoms with Gasteiger partial charge < -0.3 is 16.2 Å². The Morgan fingerprint density at radius 3 is 2.80 bits per heavy atom. The minimum absolute atomic E-state index is 0.115. The van der Waals surface area contributed by atoms with Crippen LogP contribution in [0.25, 0.3) is 0 Å². The minimum atomic E-state index is -0.766. The summed E-state index contributed by atoms with van der Waals surface area (Å²) in [6, 6.07) is 0. The predicted octanol–water partition coefficient (Wildman–Crippen LogP) is -2.59. The molecule has 1 rings (SSSR count). The normalized spacial score (nSPS) is 36.3. The van der Waals surface area contributed by atoms with Crippen molar-refractivity contribution in [2.24, 2.45) is 11.6 Å². The van der Waals surface area contributed by atoms with E-state index in [4.69, 9.17) is 16.7 Å². The lowest BCUT2D eigenvalue weighted by Gasteiger charge is -2.40. The molecule has 1 heterocycles. The Hall–Kier alpha value is -0.200. The Balaban J connectivity index is 2.54. The molecule has 10 heavy (non-hydrogen) atoms. The van der Waals surface area contributed by atoms with E-state index in [-0.39, 0.29) is 6.61 Å². The van der Waals surface area contributed by atoms with Crippen molar-refractivity contribution in [3.63, 3.8) is 0 Å². The molecule has 1 aliphatic rings. The minimum Gasteiger partial charge on any atom is -0.393 e. The van der Waals surface area contributed by atoms with Gasteiger partial charge in [0.1, 0.15) is 5.66 Å². The van der Waals surface area contributed by atoms with Crippen LogP contribution in [0.4, 0.5) is 0 Å². The van der Waals surface area contributed by atoms with E-state index < -0.39 is 5.66 Å². The van der Waals surface area contributed by atoms with Crippen molar-refractivity contribution in [2.75, 3.05) is 26.2 Å². The molecule has 0 bridgehead atoms. The maximum absolute atomic E-state index is 8.83. The molecule has 1 atom stereocenters. The van der Waals surface area contributed by atoms with E-state index in [1.165, 1.54) is 5.01 Å². The van der Waals surface area contributed by atoms with Crippen LogP contribution in [-0.4, -0.2) is 42.0 Å². The fraction of sp³-hybridized carbons (Fsp3) is 1.00. The molecule has 0 aliphatic carbocycles. The molecule has 0 amide bonds. The fourth-order valence-electron chi connectivity index (χ4n) is 0.975. The van der Waals surface area contributed by atoms with Gasteiger partial charge in [-0.15, -0.1) is 0 Å². The highest BCUT2D eigenvalue weighted by molar-refractivity contribution is 4.87. The van der Waals surface area contributed by atoms with Gasteiger partial charge in [0, 0.05) is 19.6 Å². The van der Waals surface area contributed by atoms with Crippen LogP contribution in [0.15, 0.2) is 0 Å².